The van der Waals surface area contributed by atoms with E-state index in [0.717, 1.165) is 5.56 Å². The first-order chi connectivity index (χ1) is 10.7. The third-order valence-electron chi connectivity index (χ3n) is 3.03. The molecular weight excluding hydrogens is 300 g/mol. The van der Waals surface area contributed by atoms with Crippen molar-refractivity contribution in [1.29, 1.82) is 0 Å². The molecule has 0 saturated carbocycles. The van der Waals surface area contributed by atoms with E-state index < -0.39 is 0 Å². The van der Waals surface area contributed by atoms with E-state index in [0.29, 0.717) is 23.0 Å². The molecule has 5 nitrogen and oxygen atoms in total. The van der Waals surface area contributed by atoms with Gasteiger partial charge in [-0.25, -0.2) is 4.98 Å². The predicted octanol–water partition coefficient (Wildman–Crippen LogP) is 3.30. The van der Waals surface area contributed by atoms with E-state index in [9.17, 15) is 4.79 Å². The van der Waals surface area contributed by atoms with Crippen LogP contribution < -0.4 is 5.32 Å². The summed E-state index contributed by atoms with van der Waals surface area (Å²) < 4.78 is 0. The predicted molar refractivity (Wildman–Crippen MR) is 85.0 cm³/mol. The SMILES string of the molecule is O=C(Nc1cccc(Cl)c1)c1n[nH]c(Cc2ccccc2)n1. The summed E-state index contributed by atoms with van der Waals surface area (Å²) in [5, 5.41) is 10.00. The molecule has 1 heterocycles. The standard InChI is InChI=1S/C16H13ClN4O/c17-12-7-4-8-13(10-12)18-16(22)15-19-14(20-21-15)9-11-5-2-1-3-6-11/h1-8,10H,9H2,(H,18,22)(H,19,20,21). The molecule has 1 amide bonds. The molecule has 0 radical (unpaired) electrons. The highest BCUT2D eigenvalue weighted by Gasteiger charge is 2.13. The van der Waals surface area contributed by atoms with Crippen molar-refractivity contribution in [3.63, 3.8) is 0 Å². The number of H-pyrrole nitrogens is 1. The first-order valence-electron chi connectivity index (χ1n) is 6.73. The van der Waals surface area contributed by atoms with Crippen LogP contribution in [0.3, 0.4) is 0 Å². The molecule has 2 aromatic carbocycles. The molecule has 2 N–H and O–H groups in total. The lowest BCUT2D eigenvalue weighted by Gasteiger charge is -2.02. The van der Waals surface area contributed by atoms with Gasteiger partial charge in [0.2, 0.25) is 5.82 Å². The summed E-state index contributed by atoms with van der Waals surface area (Å²) in [6.07, 6.45) is 0.596. The Morgan fingerprint density at radius 1 is 1.14 bits per heavy atom. The van der Waals surface area contributed by atoms with Gasteiger partial charge in [0.15, 0.2) is 0 Å². The summed E-state index contributed by atoms with van der Waals surface area (Å²) >= 11 is 5.88. The molecule has 3 aromatic rings. The van der Waals surface area contributed by atoms with Gasteiger partial charge < -0.3 is 5.32 Å². The van der Waals surface area contributed by atoms with E-state index in [1.165, 1.54) is 0 Å². The molecule has 0 aliphatic rings. The Hall–Kier alpha value is -2.66. The van der Waals surface area contributed by atoms with Gasteiger partial charge in [-0.3, -0.25) is 9.89 Å². The molecule has 0 atom stereocenters. The van der Waals surface area contributed by atoms with Gasteiger partial charge in [0.05, 0.1) is 0 Å². The number of amides is 1. The van der Waals surface area contributed by atoms with Crippen molar-refractivity contribution >= 4 is 23.2 Å². The zero-order valence-corrected chi connectivity index (χ0v) is 12.3. The number of carbonyl (C=O) groups is 1. The molecule has 3 rings (SSSR count). The van der Waals surface area contributed by atoms with Crippen LogP contribution in [0.2, 0.25) is 5.02 Å². The van der Waals surface area contributed by atoms with Crippen LogP contribution in [-0.4, -0.2) is 21.1 Å². The van der Waals surface area contributed by atoms with Crippen LogP contribution in [0.5, 0.6) is 0 Å². The van der Waals surface area contributed by atoms with Crippen molar-refractivity contribution < 1.29 is 4.79 Å². The number of carbonyl (C=O) groups excluding carboxylic acids is 1. The van der Waals surface area contributed by atoms with Gasteiger partial charge in [-0.05, 0) is 23.8 Å². The third kappa shape index (κ3) is 3.51. The molecule has 6 heteroatoms. The van der Waals surface area contributed by atoms with E-state index >= 15 is 0 Å². The van der Waals surface area contributed by atoms with Crippen LogP contribution in [0.25, 0.3) is 0 Å². The van der Waals surface area contributed by atoms with E-state index in [2.05, 4.69) is 20.5 Å². The Morgan fingerprint density at radius 2 is 1.95 bits per heavy atom. The summed E-state index contributed by atoms with van der Waals surface area (Å²) in [6, 6.07) is 16.8. The van der Waals surface area contributed by atoms with Crippen molar-refractivity contribution in [2.24, 2.45) is 0 Å². The Morgan fingerprint density at radius 3 is 2.73 bits per heavy atom. The second-order valence-corrected chi connectivity index (χ2v) is 5.17. The fourth-order valence-electron chi connectivity index (χ4n) is 2.02. The lowest BCUT2D eigenvalue weighted by atomic mass is 10.1. The minimum atomic E-state index is -0.377. The maximum atomic E-state index is 12.1. The monoisotopic (exact) mass is 312 g/mol. The summed E-state index contributed by atoms with van der Waals surface area (Å²) in [7, 11) is 0. The molecule has 0 unspecified atom stereocenters. The summed E-state index contributed by atoms with van der Waals surface area (Å²) in [5.41, 5.74) is 1.70. The van der Waals surface area contributed by atoms with Gasteiger partial charge in [-0.15, -0.1) is 5.10 Å². The lowest BCUT2D eigenvalue weighted by molar-refractivity contribution is 0.101. The van der Waals surface area contributed by atoms with Crippen LogP contribution in [0.1, 0.15) is 22.0 Å². The molecule has 0 aliphatic carbocycles. The van der Waals surface area contributed by atoms with Crippen molar-refractivity contribution in [1.82, 2.24) is 15.2 Å². The number of hydrogen-bond acceptors (Lipinski definition) is 3. The first-order valence-corrected chi connectivity index (χ1v) is 7.10. The zero-order chi connectivity index (χ0) is 15.4. The average molecular weight is 313 g/mol. The van der Waals surface area contributed by atoms with Crippen molar-refractivity contribution in [2.45, 2.75) is 6.42 Å². The van der Waals surface area contributed by atoms with Gasteiger partial charge in [-0.2, -0.15) is 0 Å². The van der Waals surface area contributed by atoms with Crippen molar-refractivity contribution in [2.75, 3.05) is 5.32 Å². The van der Waals surface area contributed by atoms with Crippen molar-refractivity contribution in [3.05, 3.63) is 76.8 Å². The van der Waals surface area contributed by atoms with E-state index in [4.69, 9.17) is 11.6 Å². The zero-order valence-electron chi connectivity index (χ0n) is 11.6. The third-order valence-corrected chi connectivity index (χ3v) is 3.27. The summed E-state index contributed by atoms with van der Waals surface area (Å²) in [4.78, 5) is 16.3. The Kier molecular flexibility index (Phi) is 4.16. The molecule has 0 bridgehead atoms. The van der Waals surface area contributed by atoms with Gasteiger partial charge in [0, 0.05) is 17.1 Å². The normalized spacial score (nSPS) is 10.4. The quantitative estimate of drug-likeness (QED) is 0.776. The number of anilines is 1. The van der Waals surface area contributed by atoms with E-state index in [-0.39, 0.29) is 11.7 Å². The molecule has 1 aromatic heterocycles. The van der Waals surface area contributed by atoms with Crippen LogP contribution in [0, 0.1) is 0 Å². The average Bonchev–Trinajstić information content (AvgIpc) is 2.97. The summed E-state index contributed by atoms with van der Waals surface area (Å²) in [5.74, 6) is 0.367. The number of rotatable bonds is 4. The minimum Gasteiger partial charge on any atom is -0.319 e. The van der Waals surface area contributed by atoms with Crippen LogP contribution in [0.15, 0.2) is 54.6 Å². The fraction of sp³-hybridized carbons (Fsp3) is 0.0625. The van der Waals surface area contributed by atoms with Gasteiger partial charge in [0.25, 0.3) is 5.91 Å². The number of nitrogens with zero attached hydrogens (tertiary/aromatic N) is 2. The van der Waals surface area contributed by atoms with Gasteiger partial charge in [0.1, 0.15) is 5.82 Å². The number of aromatic nitrogens is 3. The Balaban J connectivity index is 1.69. The second kappa shape index (κ2) is 6.41. The first kappa shape index (κ1) is 14.3. The smallest absolute Gasteiger partial charge is 0.295 e. The van der Waals surface area contributed by atoms with Crippen LogP contribution >= 0.6 is 11.6 Å². The highest BCUT2D eigenvalue weighted by molar-refractivity contribution is 6.30. The van der Waals surface area contributed by atoms with E-state index in [1.807, 2.05) is 30.3 Å². The summed E-state index contributed by atoms with van der Waals surface area (Å²) in [6.45, 7) is 0. The van der Waals surface area contributed by atoms with Crippen LogP contribution in [0.4, 0.5) is 5.69 Å². The number of hydrogen-bond donors (Lipinski definition) is 2. The Bertz CT molecular complexity index is 786. The largest absolute Gasteiger partial charge is 0.319 e. The van der Waals surface area contributed by atoms with E-state index in [1.54, 1.807) is 24.3 Å². The lowest BCUT2D eigenvalue weighted by Crippen LogP contribution is -2.13. The highest BCUT2D eigenvalue weighted by atomic mass is 35.5. The minimum absolute atomic E-state index is 0.103. The number of aromatic amines is 1. The fourth-order valence-corrected chi connectivity index (χ4v) is 2.21. The second-order valence-electron chi connectivity index (χ2n) is 4.73. The molecule has 0 fully saturated rings. The maximum absolute atomic E-state index is 12.1. The molecule has 0 spiro atoms. The van der Waals surface area contributed by atoms with Crippen LogP contribution in [-0.2, 0) is 6.42 Å². The van der Waals surface area contributed by atoms with Crippen molar-refractivity contribution in [3.8, 4) is 0 Å². The molecular formula is C16H13ClN4O. The molecule has 22 heavy (non-hydrogen) atoms. The van der Waals surface area contributed by atoms with Gasteiger partial charge >= 0.3 is 0 Å². The highest BCUT2D eigenvalue weighted by Crippen LogP contribution is 2.15. The number of nitrogens with one attached hydrogen (secondary N) is 2. The topological polar surface area (TPSA) is 70.7 Å². The molecule has 110 valence electrons. The van der Waals surface area contributed by atoms with Gasteiger partial charge in [-0.1, -0.05) is 48.0 Å². The number of benzene rings is 2. The Labute approximate surface area is 132 Å². The molecule has 0 saturated heterocycles. The number of halogens is 1. The molecule has 0 aliphatic heterocycles. The maximum Gasteiger partial charge on any atom is 0.295 e.